The molecule has 23 heavy (non-hydrogen) atoms. The van der Waals surface area contributed by atoms with Gasteiger partial charge in [0.15, 0.2) is 0 Å². The van der Waals surface area contributed by atoms with E-state index in [1.807, 2.05) is 6.07 Å². The quantitative estimate of drug-likeness (QED) is 0.716. The molecule has 0 unspecified atom stereocenters. The summed E-state index contributed by atoms with van der Waals surface area (Å²) in [5.41, 5.74) is 0. The Morgan fingerprint density at radius 2 is 1.83 bits per heavy atom. The molecule has 1 aromatic rings. The van der Waals surface area contributed by atoms with Crippen LogP contribution < -0.4 is 4.74 Å². The SMILES string of the molecule is COCCN(CCC#N)S(=O)(=O)c1ccc(OC(F)(F)F)cc1. The average molecular weight is 352 g/mol. The fraction of sp³-hybridized carbons (Fsp3) is 0.462. The van der Waals surface area contributed by atoms with E-state index >= 15 is 0 Å². The lowest BCUT2D eigenvalue weighted by atomic mass is 10.3. The summed E-state index contributed by atoms with van der Waals surface area (Å²) < 4.78 is 70.7. The minimum absolute atomic E-state index is 0.0157. The molecule has 10 heteroatoms. The number of halogens is 3. The summed E-state index contributed by atoms with van der Waals surface area (Å²) in [5.74, 6) is -0.517. The number of hydrogen-bond acceptors (Lipinski definition) is 5. The van der Waals surface area contributed by atoms with Gasteiger partial charge in [-0.25, -0.2) is 8.42 Å². The van der Waals surface area contributed by atoms with Gasteiger partial charge in [-0.3, -0.25) is 0 Å². The van der Waals surface area contributed by atoms with Crippen molar-refractivity contribution < 1.29 is 31.1 Å². The molecule has 0 saturated carbocycles. The molecule has 0 aliphatic heterocycles. The fourth-order valence-electron chi connectivity index (χ4n) is 1.68. The topological polar surface area (TPSA) is 79.6 Å². The second kappa shape index (κ2) is 8.14. The normalized spacial score (nSPS) is 12.2. The zero-order valence-corrected chi connectivity index (χ0v) is 13.0. The summed E-state index contributed by atoms with van der Waals surface area (Å²) >= 11 is 0. The van der Waals surface area contributed by atoms with Crippen molar-refractivity contribution in [3.63, 3.8) is 0 Å². The molecule has 1 aromatic carbocycles. The molecule has 0 saturated heterocycles. The maximum Gasteiger partial charge on any atom is 0.573 e. The van der Waals surface area contributed by atoms with E-state index in [-0.39, 0.29) is 31.0 Å². The third kappa shape index (κ3) is 6.05. The molecule has 0 bridgehead atoms. The van der Waals surface area contributed by atoms with E-state index in [1.54, 1.807) is 0 Å². The second-order valence-electron chi connectivity index (χ2n) is 4.32. The lowest BCUT2D eigenvalue weighted by Crippen LogP contribution is -2.34. The first-order valence-corrected chi connectivity index (χ1v) is 7.86. The predicted molar refractivity (Wildman–Crippen MR) is 74.0 cm³/mol. The van der Waals surface area contributed by atoms with E-state index in [0.29, 0.717) is 0 Å². The summed E-state index contributed by atoms with van der Waals surface area (Å²) in [5, 5.41) is 8.60. The predicted octanol–water partition coefficient (Wildman–Crippen LogP) is 2.14. The molecule has 6 nitrogen and oxygen atoms in total. The van der Waals surface area contributed by atoms with Gasteiger partial charge >= 0.3 is 6.36 Å². The van der Waals surface area contributed by atoms with Crippen molar-refractivity contribution >= 4 is 10.0 Å². The fourth-order valence-corrected chi connectivity index (χ4v) is 3.11. The Balaban J connectivity index is 2.97. The first-order chi connectivity index (χ1) is 10.7. The van der Waals surface area contributed by atoms with Crippen LogP contribution in [-0.4, -0.2) is 45.9 Å². The zero-order valence-electron chi connectivity index (χ0n) is 12.2. The maximum absolute atomic E-state index is 12.4. The zero-order chi connectivity index (χ0) is 17.5. The Labute approximate surface area is 132 Å². The number of methoxy groups -OCH3 is 1. The standard InChI is InChI=1S/C13H15F3N2O4S/c1-21-10-9-18(8-2-7-17)23(19,20)12-5-3-11(4-6-12)22-13(14,15)16/h3-6H,2,8-10H2,1H3. The molecule has 0 atom stereocenters. The average Bonchev–Trinajstić information content (AvgIpc) is 2.46. The number of rotatable bonds is 8. The van der Waals surface area contributed by atoms with Crippen LogP contribution in [0, 0.1) is 11.3 Å². The van der Waals surface area contributed by atoms with Crippen LogP contribution in [0.1, 0.15) is 6.42 Å². The first kappa shape index (κ1) is 19.2. The number of benzene rings is 1. The van der Waals surface area contributed by atoms with Crippen molar-refractivity contribution in [1.82, 2.24) is 4.31 Å². The Hall–Kier alpha value is -1.83. The number of alkyl halides is 3. The smallest absolute Gasteiger partial charge is 0.406 e. The van der Waals surface area contributed by atoms with Crippen LogP contribution in [0.15, 0.2) is 29.2 Å². The largest absolute Gasteiger partial charge is 0.573 e. The van der Waals surface area contributed by atoms with Crippen LogP contribution in [0.5, 0.6) is 5.75 Å². The van der Waals surface area contributed by atoms with Gasteiger partial charge in [0.25, 0.3) is 0 Å². The van der Waals surface area contributed by atoms with Crippen molar-refractivity contribution in [3.8, 4) is 11.8 Å². The van der Waals surface area contributed by atoms with E-state index < -0.39 is 22.1 Å². The molecule has 128 valence electrons. The van der Waals surface area contributed by atoms with E-state index in [4.69, 9.17) is 10.00 Å². The number of nitrogens with zero attached hydrogens (tertiary/aromatic N) is 2. The molecule has 0 aromatic heterocycles. The van der Waals surface area contributed by atoms with Crippen molar-refractivity contribution in [3.05, 3.63) is 24.3 Å². The second-order valence-corrected chi connectivity index (χ2v) is 6.26. The van der Waals surface area contributed by atoms with Gasteiger partial charge in [0, 0.05) is 26.6 Å². The van der Waals surface area contributed by atoms with Crippen LogP contribution in [0.4, 0.5) is 13.2 Å². The highest BCUT2D eigenvalue weighted by Crippen LogP contribution is 2.25. The number of hydrogen-bond donors (Lipinski definition) is 0. The van der Waals surface area contributed by atoms with E-state index in [0.717, 1.165) is 28.6 Å². The number of nitriles is 1. The molecule has 0 aliphatic rings. The molecule has 1 rings (SSSR count). The maximum atomic E-state index is 12.4. The van der Waals surface area contributed by atoms with Crippen LogP contribution in [0.2, 0.25) is 0 Å². The monoisotopic (exact) mass is 352 g/mol. The third-order valence-electron chi connectivity index (χ3n) is 2.71. The highest BCUT2D eigenvalue weighted by molar-refractivity contribution is 7.89. The molecule has 0 fully saturated rings. The van der Waals surface area contributed by atoms with E-state index in [9.17, 15) is 21.6 Å². The summed E-state index contributed by atoms with van der Waals surface area (Å²) in [4.78, 5) is -0.193. The van der Waals surface area contributed by atoms with E-state index in [1.165, 1.54) is 7.11 Å². The van der Waals surface area contributed by atoms with Gasteiger partial charge in [-0.1, -0.05) is 0 Å². The van der Waals surface area contributed by atoms with Gasteiger partial charge in [0.2, 0.25) is 10.0 Å². The highest BCUT2D eigenvalue weighted by atomic mass is 32.2. The van der Waals surface area contributed by atoms with Crippen molar-refractivity contribution in [2.45, 2.75) is 17.7 Å². The van der Waals surface area contributed by atoms with Gasteiger partial charge in [0.05, 0.1) is 17.6 Å². The van der Waals surface area contributed by atoms with E-state index in [2.05, 4.69) is 4.74 Å². The number of sulfonamides is 1. The van der Waals surface area contributed by atoms with Gasteiger partial charge in [-0.2, -0.15) is 9.57 Å². The Kier molecular flexibility index (Phi) is 6.80. The summed E-state index contributed by atoms with van der Waals surface area (Å²) in [7, 11) is -2.54. The molecule has 0 aliphatic carbocycles. The summed E-state index contributed by atoms with van der Waals surface area (Å²) in [6.45, 7) is 0.115. The first-order valence-electron chi connectivity index (χ1n) is 6.42. The molecule has 0 amide bonds. The lowest BCUT2D eigenvalue weighted by Gasteiger charge is -2.21. The summed E-state index contributed by atoms with van der Waals surface area (Å²) in [6.07, 6.45) is -4.87. The molecule has 0 N–H and O–H groups in total. The third-order valence-corrected chi connectivity index (χ3v) is 4.63. The van der Waals surface area contributed by atoms with Crippen LogP contribution >= 0.6 is 0 Å². The lowest BCUT2D eigenvalue weighted by molar-refractivity contribution is -0.274. The van der Waals surface area contributed by atoms with Gasteiger partial charge in [0.1, 0.15) is 5.75 Å². The van der Waals surface area contributed by atoms with Crippen molar-refractivity contribution in [2.75, 3.05) is 26.8 Å². The Bertz CT molecular complexity index is 639. The molecule has 0 heterocycles. The van der Waals surface area contributed by atoms with Gasteiger partial charge in [-0.15, -0.1) is 13.2 Å². The molecular weight excluding hydrogens is 337 g/mol. The number of ether oxygens (including phenoxy) is 2. The van der Waals surface area contributed by atoms with Crippen molar-refractivity contribution in [2.24, 2.45) is 0 Å². The van der Waals surface area contributed by atoms with Crippen LogP contribution in [0.3, 0.4) is 0 Å². The minimum Gasteiger partial charge on any atom is -0.406 e. The van der Waals surface area contributed by atoms with Gasteiger partial charge in [-0.05, 0) is 24.3 Å². The minimum atomic E-state index is -4.85. The van der Waals surface area contributed by atoms with Crippen molar-refractivity contribution in [1.29, 1.82) is 5.26 Å². The molecular formula is C13H15F3N2O4S. The Morgan fingerprint density at radius 1 is 1.22 bits per heavy atom. The van der Waals surface area contributed by atoms with Crippen LogP contribution in [-0.2, 0) is 14.8 Å². The molecule has 0 radical (unpaired) electrons. The summed E-state index contributed by atoms with van der Waals surface area (Å²) in [6, 6.07) is 5.71. The highest BCUT2D eigenvalue weighted by Gasteiger charge is 2.31. The van der Waals surface area contributed by atoms with Crippen LogP contribution in [0.25, 0.3) is 0 Å². The van der Waals surface area contributed by atoms with Gasteiger partial charge < -0.3 is 9.47 Å². The Morgan fingerprint density at radius 3 is 2.30 bits per heavy atom. The molecule has 0 spiro atoms.